The first-order valence-corrected chi connectivity index (χ1v) is 5.99. The summed E-state index contributed by atoms with van der Waals surface area (Å²) in [5, 5.41) is 9.60. The van der Waals surface area contributed by atoms with Crippen molar-refractivity contribution in [2.75, 3.05) is 0 Å². The Kier molecular flexibility index (Phi) is 5.87. The van der Waals surface area contributed by atoms with Crippen LogP contribution < -0.4 is 5.73 Å². The third kappa shape index (κ3) is 5.43. The fourth-order valence-corrected chi connectivity index (χ4v) is 1.39. The molecular formula is C14H10Cl2N2O. The van der Waals surface area contributed by atoms with Crippen LogP contribution in [-0.4, -0.2) is 5.91 Å². The van der Waals surface area contributed by atoms with Gasteiger partial charge in [0, 0.05) is 15.6 Å². The van der Waals surface area contributed by atoms with Gasteiger partial charge >= 0.3 is 0 Å². The molecule has 0 unspecified atom stereocenters. The molecule has 5 heteroatoms. The Morgan fingerprint density at radius 3 is 1.74 bits per heavy atom. The number of benzene rings is 2. The first-order valence-electron chi connectivity index (χ1n) is 5.24. The molecule has 2 N–H and O–H groups in total. The molecule has 0 radical (unpaired) electrons. The molecule has 0 atom stereocenters. The van der Waals surface area contributed by atoms with Crippen molar-refractivity contribution in [3.05, 3.63) is 69.7 Å². The predicted molar refractivity (Wildman–Crippen MR) is 76.1 cm³/mol. The number of amides is 1. The largest absolute Gasteiger partial charge is 0.366 e. The molecule has 0 aliphatic carbocycles. The fourth-order valence-electron chi connectivity index (χ4n) is 1.14. The summed E-state index contributed by atoms with van der Waals surface area (Å²) >= 11 is 11.1. The summed E-state index contributed by atoms with van der Waals surface area (Å²) in [7, 11) is 0. The van der Waals surface area contributed by atoms with Crippen molar-refractivity contribution in [3.63, 3.8) is 0 Å². The van der Waals surface area contributed by atoms with Crippen LogP contribution in [0.3, 0.4) is 0 Å². The van der Waals surface area contributed by atoms with Crippen molar-refractivity contribution in [1.29, 1.82) is 5.26 Å². The maximum atomic E-state index is 10.5. The Morgan fingerprint density at radius 1 is 0.947 bits per heavy atom. The van der Waals surface area contributed by atoms with E-state index in [1.165, 1.54) is 0 Å². The molecule has 2 rings (SSSR count). The highest BCUT2D eigenvalue weighted by Gasteiger charge is 1.96. The van der Waals surface area contributed by atoms with Crippen LogP contribution in [-0.2, 0) is 0 Å². The monoisotopic (exact) mass is 292 g/mol. The molecule has 0 spiro atoms. The number of rotatable bonds is 1. The van der Waals surface area contributed by atoms with Crippen LogP contribution in [0.4, 0.5) is 0 Å². The van der Waals surface area contributed by atoms with Crippen LogP contribution in [0.5, 0.6) is 0 Å². The van der Waals surface area contributed by atoms with E-state index in [1.807, 2.05) is 6.07 Å². The molecule has 0 bridgehead atoms. The Bertz CT molecular complexity index is 586. The van der Waals surface area contributed by atoms with Gasteiger partial charge in [0.2, 0.25) is 5.91 Å². The summed E-state index contributed by atoms with van der Waals surface area (Å²) in [6, 6.07) is 15.2. The van der Waals surface area contributed by atoms with Gasteiger partial charge in [-0.15, -0.1) is 0 Å². The molecule has 0 aliphatic rings. The van der Waals surface area contributed by atoms with E-state index in [4.69, 9.17) is 34.2 Å². The van der Waals surface area contributed by atoms with Crippen LogP contribution >= 0.6 is 23.2 Å². The highest BCUT2D eigenvalue weighted by atomic mass is 35.5. The lowest BCUT2D eigenvalue weighted by Gasteiger charge is -1.92. The molecule has 0 heterocycles. The SMILES string of the molecule is N#Cc1ccc(Cl)cc1.NC(=O)c1ccc(Cl)cc1. The zero-order valence-corrected chi connectivity index (χ0v) is 11.3. The van der Waals surface area contributed by atoms with Crippen molar-refractivity contribution in [3.8, 4) is 6.07 Å². The number of hydrogen-bond acceptors (Lipinski definition) is 2. The predicted octanol–water partition coefficient (Wildman–Crippen LogP) is 3.65. The molecule has 3 nitrogen and oxygen atoms in total. The van der Waals surface area contributed by atoms with E-state index in [1.54, 1.807) is 48.5 Å². The summed E-state index contributed by atoms with van der Waals surface area (Å²) in [5.41, 5.74) is 6.10. The van der Waals surface area contributed by atoms with Crippen molar-refractivity contribution < 1.29 is 4.79 Å². The van der Waals surface area contributed by atoms with E-state index in [2.05, 4.69) is 0 Å². The minimum absolute atomic E-state index is 0.434. The van der Waals surface area contributed by atoms with Crippen molar-refractivity contribution >= 4 is 29.1 Å². The molecule has 0 saturated carbocycles. The highest BCUT2D eigenvalue weighted by Crippen LogP contribution is 2.08. The first-order chi connectivity index (χ1) is 9.02. The lowest BCUT2D eigenvalue weighted by atomic mass is 10.2. The zero-order chi connectivity index (χ0) is 14.3. The average molecular weight is 293 g/mol. The smallest absolute Gasteiger partial charge is 0.248 e. The van der Waals surface area contributed by atoms with Crippen LogP contribution in [0.15, 0.2) is 48.5 Å². The second kappa shape index (κ2) is 7.42. The normalized spacial score (nSPS) is 8.89. The van der Waals surface area contributed by atoms with Gasteiger partial charge in [-0.25, -0.2) is 0 Å². The van der Waals surface area contributed by atoms with Crippen molar-refractivity contribution in [2.24, 2.45) is 5.73 Å². The van der Waals surface area contributed by atoms with Gasteiger partial charge in [0.15, 0.2) is 0 Å². The summed E-state index contributed by atoms with van der Waals surface area (Å²) < 4.78 is 0. The first kappa shape index (κ1) is 15.0. The number of carbonyl (C=O) groups is 1. The highest BCUT2D eigenvalue weighted by molar-refractivity contribution is 6.30. The van der Waals surface area contributed by atoms with Gasteiger partial charge in [-0.05, 0) is 48.5 Å². The van der Waals surface area contributed by atoms with E-state index in [0.717, 1.165) is 0 Å². The third-order valence-electron chi connectivity index (χ3n) is 2.10. The topological polar surface area (TPSA) is 66.9 Å². The fraction of sp³-hybridized carbons (Fsp3) is 0. The van der Waals surface area contributed by atoms with Gasteiger partial charge in [-0.3, -0.25) is 4.79 Å². The molecule has 0 saturated heterocycles. The molecule has 19 heavy (non-hydrogen) atoms. The number of hydrogen-bond donors (Lipinski definition) is 1. The van der Waals surface area contributed by atoms with Crippen LogP contribution in [0.2, 0.25) is 10.0 Å². The minimum Gasteiger partial charge on any atom is -0.366 e. The summed E-state index contributed by atoms with van der Waals surface area (Å²) in [5.74, 6) is -0.434. The van der Waals surface area contributed by atoms with E-state index in [0.29, 0.717) is 21.2 Å². The van der Waals surface area contributed by atoms with E-state index in [-0.39, 0.29) is 0 Å². The molecule has 2 aromatic carbocycles. The quantitative estimate of drug-likeness (QED) is 0.872. The Labute approximate surface area is 121 Å². The lowest BCUT2D eigenvalue weighted by Crippen LogP contribution is -2.10. The molecule has 0 fully saturated rings. The number of nitriles is 1. The minimum atomic E-state index is -0.434. The van der Waals surface area contributed by atoms with Gasteiger partial charge in [0.25, 0.3) is 0 Å². The second-order valence-electron chi connectivity index (χ2n) is 3.49. The average Bonchev–Trinajstić information content (AvgIpc) is 2.41. The van der Waals surface area contributed by atoms with E-state index >= 15 is 0 Å². The number of carbonyl (C=O) groups excluding carboxylic acids is 1. The summed E-state index contributed by atoms with van der Waals surface area (Å²) in [6.07, 6.45) is 0. The molecular weight excluding hydrogens is 283 g/mol. The zero-order valence-electron chi connectivity index (χ0n) is 9.81. The Balaban J connectivity index is 0.000000191. The van der Waals surface area contributed by atoms with E-state index < -0.39 is 5.91 Å². The number of nitrogens with two attached hydrogens (primary N) is 1. The van der Waals surface area contributed by atoms with Crippen molar-refractivity contribution in [1.82, 2.24) is 0 Å². The molecule has 96 valence electrons. The van der Waals surface area contributed by atoms with Gasteiger partial charge < -0.3 is 5.73 Å². The van der Waals surface area contributed by atoms with Crippen LogP contribution in [0, 0.1) is 11.3 Å². The lowest BCUT2D eigenvalue weighted by molar-refractivity contribution is 0.100. The van der Waals surface area contributed by atoms with Crippen molar-refractivity contribution in [2.45, 2.75) is 0 Å². The van der Waals surface area contributed by atoms with Gasteiger partial charge in [-0.1, -0.05) is 23.2 Å². The van der Waals surface area contributed by atoms with Crippen LogP contribution in [0.25, 0.3) is 0 Å². The molecule has 0 aliphatic heterocycles. The van der Waals surface area contributed by atoms with Gasteiger partial charge in [0.05, 0.1) is 11.6 Å². The Morgan fingerprint density at radius 2 is 1.37 bits per heavy atom. The second-order valence-corrected chi connectivity index (χ2v) is 4.36. The van der Waals surface area contributed by atoms with E-state index in [9.17, 15) is 4.79 Å². The molecule has 1 amide bonds. The molecule has 2 aromatic rings. The number of primary amides is 1. The standard InChI is InChI=1S/C7H6ClNO.C7H4ClN/c8-6-3-1-5(2-4-6)7(9)10;8-7-3-1-6(5-9)2-4-7/h1-4H,(H2,9,10);1-4H. The van der Waals surface area contributed by atoms with Crippen LogP contribution in [0.1, 0.15) is 15.9 Å². The maximum absolute atomic E-state index is 10.5. The third-order valence-corrected chi connectivity index (χ3v) is 2.61. The molecule has 0 aromatic heterocycles. The number of nitrogens with zero attached hydrogens (tertiary/aromatic N) is 1. The maximum Gasteiger partial charge on any atom is 0.248 e. The van der Waals surface area contributed by atoms with Gasteiger partial charge in [-0.2, -0.15) is 5.26 Å². The summed E-state index contributed by atoms with van der Waals surface area (Å²) in [4.78, 5) is 10.5. The van der Waals surface area contributed by atoms with Gasteiger partial charge in [0.1, 0.15) is 0 Å². The Hall–Kier alpha value is -2.02. The summed E-state index contributed by atoms with van der Waals surface area (Å²) in [6.45, 7) is 0. The number of halogens is 2.